The van der Waals surface area contributed by atoms with Gasteiger partial charge in [-0.05, 0) is 81.4 Å². The summed E-state index contributed by atoms with van der Waals surface area (Å²) in [7, 11) is 0. The predicted octanol–water partition coefficient (Wildman–Crippen LogP) is 5.20. The molecule has 0 amide bonds. The van der Waals surface area contributed by atoms with Crippen molar-refractivity contribution in [2.75, 3.05) is 6.61 Å². The van der Waals surface area contributed by atoms with Crippen LogP contribution in [0.4, 0.5) is 8.78 Å². The Morgan fingerprint density at radius 3 is 2.36 bits per heavy atom. The van der Waals surface area contributed by atoms with E-state index < -0.39 is 6.61 Å². The lowest BCUT2D eigenvalue weighted by atomic mass is 9.49. The highest BCUT2D eigenvalue weighted by atomic mass is 19.3. The summed E-state index contributed by atoms with van der Waals surface area (Å²) >= 11 is 0. The lowest BCUT2D eigenvalue weighted by Gasteiger charge is -2.55. The van der Waals surface area contributed by atoms with Gasteiger partial charge in [-0.3, -0.25) is 0 Å². The zero-order valence-corrected chi connectivity index (χ0v) is 15.9. The van der Waals surface area contributed by atoms with Crippen LogP contribution in [0.2, 0.25) is 0 Å². The minimum absolute atomic E-state index is 0.00132. The van der Waals surface area contributed by atoms with E-state index in [2.05, 4.69) is 14.9 Å². The third-order valence-electron chi connectivity index (χ3n) is 6.62. The summed E-state index contributed by atoms with van der Waals surface area (Å²) in [6, 6.07) is 4.73. The molecule has 0 atom stereocenters. The Labute approximate surface area is 162 Å². The van der Waals surface area contributed by atoms with Crippen LogP contribution in [-0.4, -0.2) is 23.4 Å². The number of hydrogen-bond acceptors (Lipinski definition) is 5. The van der Waals surface area contributed by atoms with E-state index >= 15 is 0 Å². The molecule has 0 spiro atoms. The lowest BCUT2D eigenvalue weighted by Crippen LogP contribution is -2.48. The fourth-order valence-corrected chi connectivity index (χ4v) is 6.03. The van der Waals surface area contributed by atoms with Crippen molar-refractivity contribution >= 4 is 0 Å². The third kappa shape index (κ3) is 3.05. The van der Waals surface area contributed by atoms with Gasteiger partial charge in [0.25, 0.3) is 0 Å². The molecule has 4 aliphatic rings. The quantitative estimate of drug-likeness (QED) is 0.678. The van der Waals surface area contributed by atoms with E-state index in [0.29, 0.717) is 18.1 Å². The Kier molecular flexibility index (Phi) is 4.29. The van der Waals surface area contributed by atoms with Crippen LogP contribution in [0.5, 0.6) is 11.5 Å². The van der Waals surface area contributed by atoms with Crippen LogP contribution in [-0.2, 0) is 5.41 Å². The van der Waals surface area contributed by atoms with Gasteiger partial charge in [-0.1, -0.05) is 0 Å². The molecule has 2 aromatic rings. The average Bonchev–Trinajstić information content (AvgIpc) is 3.13. The second-order valence-electron chi connectivity index (χ2n) is 8.58. The number of halogens is 2. The number of nitrogens with zero attached hydrogens (tertiary/aromatic N) is 2. The molecule has 0 unspecified atom stereocenters. The summed E-state index contributed by atoms with van der Waals surface area (Å²) in [6.07, 6.45) is 7.49. The fourth-order valence-electron chi connectivity index (χ4n) is 6.03. The molecule has 1 aromatic heterocycles. The minimum atomic E-state index is -2.91. The fraction of sp³-hybridized carbons (Fsp3) is 0.619. The Balaban J connectivity index is 1.44. The standard InChI is InChI=1S/C21H24F2N2O3/c1-2-26-17-8-15(3-4-16(17)27-20(22)23)18-24-25-19(28-18)21-9-12-5-13(10-21)7-14(6-12)11-21/h3-4,8,12-14,20H,2,5-7,9-11H2,1H3. The Morgan fingerprint density at radius 2 is 1.75 bits per heavy atom. The summed E-state index contributed by atoms with van der Waals surface area (Å²) in [5, 5.41) is 8.69. The van der Waals surface area contributed by atoms with Crippen molar-refractivity contribution in [1.29, 1.82) is 0 Å². The van der Waals surface area contributed by atoms with Crippen molar-refractivity contribution in [1.82, 2.24) is 10.2 Å². The maximum atomic E-state index is 12.6. The molecule has 0 N–H and O–H groups in total. The first-order chi connectivity index (χ1) is 13.5. The maximum Gasteiger partial charge on any atom is 0.387 e. The molecule has 4 fully saturated rings. The minimum Gasteiger partial charge on any atom is -0.490 e. The van der Waals surface area contributed by atoms with Crippen molar-refractivity contribution in [2.24, 2.45) is 17.8 Å². The molecule has 0 radical (unpaired) electrons. The van der Waals surface area contributed by atoms with Crippen LogP contribution in [0, 0.1) is 17.8 Å². The molecule has 6 rings (SSSR count). The van der Waals surface area contributed by atoms with E-state index in [1.165, 1.54) is 25.3 Å². The number of rotatable bonds is 6. The number of benzene rings is 1. The SMILES string of the molecule is CCOc1cc(-c2nnc(C34CC5CC(CC(C5)C3)C4)o2)ccc1OC(F)F. The first-order valence-electron chi connectivity index (χ1n) is 10.1. The average molecular weight is 390 g/mol. The predicted molar refractivity (Wildman–Crippen MR) is 97.4 cm³/mol. The maximum absolute atomic E-state index is 12.6. The number of ether oxygens (including phenoxy) is 2. The van der Waals surface area contributed by atoms with Gasteiger partial charge in [0.2, 0.25) is 11.8 Å². The van der Waals surface area contributed by atoms with Crippen LogP contribution in [0.25, 0.3) is 11.5 Å². The van der Waals surface area contributed by atoms with Crippen molar-refractivity contribution in [3.63, 3.8) is 0 Å². The van der Waals surface area contributed by atoms with Crippen LogP contribution in [0.3, 0.4) is 0 Å². The first kappa shape index (κ1) is 17.9. The van der Waals surface area contributed by atoms with Gasteiger partial charge in [0.05, 0.1) is 6.61 Å². The number of hydrogen-bond donors (Lipinski definition) is 0. The largest absolute Gasteiger partial charge is 0.490 e. The van der Waals surface area contributed by atoms with Crippen LogP contribution < -0.4 is 9.47 Å². The summed E-state index contributed by atoms with van der Waals surface area (Å²) in [4.78, 5) is 0. The molecule has 150 valence electrons. The van der Waals surface area contributed by atoms with E-state index in [0.717, 1.165) is 42.9 Å². The molecule has 4 aliphatic carbocycles. The van der Waals surface area contributed by atoms with Gasteiger partial charge >= 0.3 is 6.61 Å². The van der Waals surface area contributed by atoms with E-state index in [9.17, 15) is 8.78 Å². The molecule has 7 heteroatoms. The highest BCUT2D eigenvalue weighted by Gasteiger charge is 2.54. The van der Waals surface area contributed by atoms with Gasteiger partial charge in [-0.2, -0.15) is 8.78 Å². The molecule has 4 saturated carbocycles. The molecular weight excluding hydrogens is 366 g/mol. The van der Waals surface area contributed by atoms with E-state index in [1.807, 2.05) is 0 Å². The first-order valence-corrected chi connectivity index (χ1v) is 10.1. The summed E-state index contributed by atoms with van der Waals surface area (Å²) in [5.41, 5.74) is 0.676. The highest BCUT2D eigenvalue weighted by Crippen LogP contribution is 2.60. The normalized spacial score (nSPS) is 30.8. The monoisotopic (exact) mass is 390 g/mol. The van der Waals surface area contributed by atoms with Crippen LogP contribution in [0.1, 0.15) is 51.3 Å². The molecule has 5 nitrogen and oxygen atoms in total. The Bertz CT molecular complexity index is 832. The molecule has 28 heavy (non-hydrogen) atoms. The van der Waals surface area contributed by atoms with E-state index in [4.69, 9.17) is 9.15 Å². The molecule has 0 aliphatic heterocycles. The zero-order chi connectivity index (χ0) is 19.3. The van der Waals surface area contributed by atoms with Crippen molar-refractivity contribution in [3.8, 4) is 23.0 Å². The van der Waals surface area contributed by atoms with Crippen molar-refractivity contribution < 1.29 is 22.7 Å². The number of aromatic nitrogens is 2. The third-order valence-corrected chi connectivity index (χ3v) is 6.62. The molecule has 0 saturated heterocycles. The lowest BCUT2D eigenvalue weighted by molar-refractivity contribution is -0.0514. The topological polar surface area (TPSA) is 57.4 Å². The summed E-state index contributed by atoms with van der Waals surface area (Å²) in [6.45, 7) is -0.779. The Hall–Kier alpha value is -2.18. The molecule has 4 bridgehead atoms. The summed E-state index contributed by atoms with van der Waals surface area (Å²) in [5.74, 6) is 3.75. The van der Waals surface area contributed by atoms with Crippen molar-refractivity contribution in [3.05, 3.63) is 24.1 Å². The highest BCUT2D eigenvalue weighted by molar-refractivity contribution is 5.59. The van der Waals surface area contributed by atoms with E-state index in [1.54, 1.807) is 19.1 Å². The van der Waals surface area contributed by atoms with Gasteiger partial charge in [0.1, 0.15) is 0 Å². The number of alkyl halides is 2. The summed E-state index contributed by atoms with van der Waals surface area (Å²) < 4.78 is 41.4. The molecular formula is C21H24F2N2O3. The van der Waals surface area contributed by atoms with Gasteiger partial charge in [0, 0.05) is 11.0 Å². The van der Waals surface area contributed by atoms with Crippen LogP contribution >= 0.6 is 0 Å². The zero-order valence-electron chi connectivity index (χ0n) is 15.9. The molecule has 1 heterocycles. The van der Waals surface area contributed by atoms with E-state index in [-0.39, 0.29) is 16.9 Å². The smallest absolute Gasteiger partial charge is 0.387 e. The van der Waals surface area contributed by atoms with Gasteiger partial charge in [0.15, 0.2) is 11.5 Å². The Morgan fingerprint density at radius 1 is 1.07 bits per heavy atom. The van der Waals surface area contributed by atoms with Gasteiger partial charge < -0.3 is 13.9 Å². The van der Waals surface area contributed by atoms with Gasteiger partial charge in [-0.25, -0.2) is 0 Å². The van der Waals surface area contributed by atoms with Gasteiger partial charge in [-0.15, -0.1) is 10.2 Å². The second kappa shape index (κ2) is 6.71. The van der Waals surface area contributed by atoms with Crippen molar-refractivity contribution in [2.45, 2.75) is 57.5 Å². The van der Waals surface area contributed by atoms with Crippen LogP contribution in [0.15, 0.2) is 22.6 Å². The molecule has 1 aromatic carbocycles. The second-order valence-corrected chi connectivity index (χ2v) is 8.58.